The monoisotopic (exact) mass is 217 g/mol. The highest BCUT2D eigenvalue weighted by atomic mass is 15.2. The molecule has 1 aromatic rings. The lowest BCUT2D eigenvalue weighted by atomic mass is 10.1. The van der Waals surface area contributed by atoms with Gasteiger partial charge in [-0.3, -0.25) is 0 Å². The number of hydrogen-bond donors (Lipinski definition) is 1. The predicted molar refractivity (Wildman–Crippen MR) is 60.7 cm³/mol. The first kappa shape index (κ1) is 10.8. The first-order valence-electron chi connectivity index (χ1n) is 5.44. The normalized spacial score (nSPS) is 24.4. The van der Waals surface area contributed by atoms with E-state index in [4.69, 9.17) is 11.0 Å². The lowest BCUT2D eigenvalue weighted by molar-refractivity contribution is 0.579. The summed E-state index contributed by atoms with van der Waals surface area (Å²) in [4.78, 5) is 10.4. The van der Waals surface area contributed by atoms with E-state index in [1.807, 2.05) is 0 Å². The number of rotatable bonds is 2. The summed E-state index contributed by atoms with van der Waals surface area (Å²) < 4.78 is 0. The molecule has 0 radical (unpaired) electrons. The molecule has 1 fully saturated rings. The van der Waals surface area contributed by atoms with Crippen molar-refractivity contribution in [1.82, 2.24) is 9.97 Å². The van der Waals surface area contributed by atoms with Gasteiger partial charge in [0.15, 0.2) is 11.5 Å². The van der Waals surface area contributed by atoms with Crippen LogP contribution in [0.25, 0.3) is 0 Å². The third-order valence-corrected chi connectivity index (χ3v) is 3.05. The molecule has 1 aromatic heterocycles. The molecule has 84 valence electrons. The Hall–Kier alpha value is -1.67. The highest BCUT2D eigenvalue weighted by Gasteiger charge is 2.30. The van der Waals surface area contributed by atoms with Gasteiger partial charge in [0.05, 0.1) is 0 Å². The standard InChI is InChI=1S/C11H15N5/c1-8-4-9(5-12)7-16(8)11-10(6-13)14-2-3-15-11/h2-3,8-9H,4-5,7,12H2,1H3. The van der Waals surface area contributed by atoms with Gasteiger partial charge in [-0.15, -0.1) is 0 Å². The number of anilines is 1. The number of hydrogen-bond acceptors (Lipinski definition) is 5. The predicted octanol–water partition coefficient (Wildman–Crippen LogP) is 0.522. The third-order valence-electron chi connectivity index (χ3n) is 3.05. The van der Waals surface area contributed by atoms with Crippen molar-refractivity contribution in [2.24, 2.45) is 11.7 Å². The molecule has 1 aliphatic heterocycles. The molecule has 2 atom stereocenters. The summed E-state index contributed by atoms with van der Waals surface area (Å²) >= 11 is 0. The molecule has 0 aliphatic carbocycles. The van der Waals surface area contributed by atoms with Crippen LogP contribution in [-0.4, -0.2) is 29.1 Å². The zero-order chi connectivity index (χ0) is 11.5. The van der Waals surface area contributed by atoms with Gasteiger partial charge in [-0.2, -0.15) is 5.26 Å². The molecule has 0 saturated carbocycles. The van der Waals surface area contributed by atoms with E-state index in [9.17, 15) is 0 Å². The van der Waals surface area contributed by atoms with Gasteiger partial charge in [0.25, 0.3) is 0 Å². The van der Waals surface area contributed by atoms with Crippen LogP contribution in [0.1, 0.15) is 19.0 Å². The summed E-state index contributed by atoms with van der Waals surface area (Å²) in [6.07, 6.45) is 4.22. The zero-order valence-electron chi connectivity index (χ0n) is 9.30. The van der Waals surface area contributed by atoms with Crippen molar-refractivity contribution in [3.63, 3.8) is 0 Å². The van der Waals surface area contributed by atoms with Crippen LogP contribution in [-0.2, 0) is 0 Å². The average Bonchev–Trinajstić information content (AvgIpc) is 2.70. The van der Waals surface area contributed by atoms with E-state index in [0.29, 0.717) is 30.0 Å². The lowest BCUT2D eigenvalue weighted by Gasteiger charge is -2.22. The van der Waals surface area contributed by atoms with Crippen molar-refractivity contribution in [2.45, 2.75) is 19.4 Å². The van der Waals surface area contributed by atoms with E-state index in [2.05, 4.69) is 27.9 Å². The minimum Gasteiger partial charge on any atom is -0.351 e. The van der Waals surface area contributed by atoms with Gasteiger partial charge in [-0.05, 0) is 25.8 Å². The number of nitrogens with two attached hydrogens (primary N) is 1. The van der Waals surface area contributed by atoms with Gasteiger partial charge >= 0.3 is 0 Å². The Bertz CT molecular complexity index is 411. The van der Waals surface area contributed by atoms with Crippen LogP contribution in [0.15, 0.2) is 12.4 Å². The number of nitriles is 1. The second-order valence-electron chi connectivity index (χ2n) is 4.18. The molecule has 2 N–H and O–H groups in total. The molecule has 2 unspecified atom stereocenters. The molecule has 2 heterocycles. The Labute approximate surface area is 94.9 Å². The van der Waals surface area contributed by atoms with Crippen LogP contribution < -0.4 is 10.6 Å². The van der Waals surface area contributed by atoms with E-state index in [1.165, 1.54) is 0 Å². The van der Waals surface area contributed by atoms with E-state index in [1.54, 1.807) is 12.4 Å². The fourth-order valence-electron chi connectivity index (χ4n) is 2.23. The lowest BCUT2D eigenvalue weighted by Crippen LogP contribution is -2.29. The van der Waals surface area contributed by atoms with Crippen molar-refractivity contribution >= 4 is 5.82 Å². The first-order valence-corrected chi connectivity index (χ1v) is 5.44. The molecule has 5 nitrogen and oxygen atoms in total. The number of nitrogens with zero attached hydrogens (tertiary/aromatic N) is 4. The molecular formula is C11H15N5. The van der Waals surface area contributed by atoms with Crippen LogP contribution in [0, 0.1) is 17.2 Å². The first-order chi connectivity index (χ1) is 7.76. The second kappa shape index (κ2) is 4.45. The molecule has 1 saturated heterocycles. The van der Waals surface area contributed by atoms with Gasteiger partial charge in [-0.25, -0.2) is 9.97 Å². The highest BCUT2D eigenvalue weighted by Crippen LogP contribution is 2.28. The van der Waals surface area contributed by atoms with Gasteiger partial charge in [0, 0.05) is 25.0 Å². The molecule has 0 spiro atoms. The van der Waals surface area contributed by atoms with Crippen LogP contribution in [0.2, 0.25) is 0 Å². The van der Waals surface area contributed by atoms with Crippen molar-refractivity contribution in [2.75, 3.05) is 18.0 Å². The maximum absolute atomic E-state index is 8.98. The van der Waals surface area contributed by atoms with Gasteiger partial charge in [-0.1, -0.05) is 0 Å². The summed E-state index contributed by atoms with van der Waals surface area (Å²) in [6, 6.07) is 2.45. The fourth-order valence-corrected chi connectivity index (χ4v) is 2.23. The maximum atomic E-state index is 8.98. The molecule has 0 aromatic carbocycles. The van der Waals surface area contributed by atoms with Crippen LogP contribution in [0.5, 0.6) is 0 Å². The summed E-state index contributed by atoms with van der Waals surface area (Å²) in [5.41, 5.74) is 6.07. The largest absolute Gasteiger partial charge is 0.351 e. The zero-order valence-corrected chi connectivity index (χ0v) is 9.30. The van der Waals surface area contributed by atoms with Crippen molar-refractivity contribution in [1.29, 1.82) is 5.26 Å². The quantitative estimate of drug-likeness (QED) is 0.781. The molecule has 0 bridgehead atoms. The summed E-state index contributed by atoms with van der Waals surface area (Å²) in [7, 11) is 0. The van der Waals surface area contributed by atoms with Crippen LogP contribution in [0.4, 0.5) is 5.82 Å². The molecule has 1 aliphatic rings. The van der Waals surface area contributed by atoms with Gasteiger partial charge in [0.1, 0.15) is 6.07 Å². The number of aromatic nitrogens is 2. The maximum Gasteiger partial charge on any atom is 0.183 e. The molecule has 2 rings (SSSR count). The van der Waals surface area contributed by atoms with E-state index in [0.717, 1.165) is 13.0 Å². The van der Waals surface area contributed by atoms with Crippen molar-refractivity contribution in [3.8, 4) is 6.07 Å². The third kappa shape index (κ3) is 1.84. The molecular weight excluding hydrogens is 202 g/mol. The Morgan fingerprint density at radius 3 is 2.94 bits per heavy atom. The van der Waals surface area contributed by atoms with Crippen molar-refractivity contribution < 1.29 is 0 Å². The Balaban J connectivity index is 2.28. The van der Waals surface area contributed by atoms with E-state index >= 15 is 0 Å². The Morgan fingerprint density at radius 1 is 1.56 bits per heavy atom. The van der Waals surface area contributed by atoms with E-state index in [-0.39, 0.29) is 0 Å². The molecule has 16 heavy (non-hydrogen) atoms. The SMILES string of the molecule is CC1CC(CN)CN1c1nccnc1C#N. The Morgan fingerprint density at radius 2 is 2.31 bits per heavy atom. The molecule has 5 heteroatoms. The van der Waals surface area contributed by atoms with E-state index < -0.39 is 0 Å². The average molecular weight is 217 g/mol. The summed E-state index contributed by atoms with van der Waals surface area (Å²) in [5, 5.41) is 8.98. The van der Waals surface area contributed by atoms with Gasteiger partial charge in [0.2, 0.25) is 0 Å². The van der Waals surface area contributed by atoms with Crippen LogP contribution in [0.3, 0.4) is 0 Å². The summed E-state index contributed by atoms with van der Waals surface area (Å²) in [6.45, 7) is 3.68. The van der Waals surface area contributed by atoms with Crippen molar-refractivity contribution in [3.05, 3.63) is 18.1 Å². The Kier molecular flexibility index (Phi) is 3.02. The smallest absolute Gasteiger partial charge is 0.183 e. The highest BCUT2D eigenvalue weighted by molar-refractivity contribution is 5.51. The second-order valence-corrected chi connectivity index (χ2v) is 4.18. The minimum absolute atomic E-state index is 0.373. The summed E-state index contributed by atoms with van der Waals surface area (Å²) in [5.74, 6) is 1.18. The van der Waals surface area contributed by atoms with Crippen LogP contribution >= 0.6 is 0 Å². The molecule has 0 amide bonds. The fraction of sp³-hybridized carbons (Fsp3) is 0.545. The van der Waals surface area contributed by atoms with Gasteiger partial charge < -0.3 is 10.6 Å². The topological polar surface area (TPSA) is 78.8 Å². The minimum atomic E-state index is 0.373.